The highest BCUT2D eigenvalue weighted by molar-refractivity contribution is 6.00. The van der Waals surface area contributed by atoms with Gasteiger partial charge < -0.3 is 21.3 Å². The van der Waals surface area contributed by atoms with E-state index in [-0.39, 0.29) is 0 Å². The quantitative estimate of drug-likeness (QED) is 0.681. The van der Waals surface area contributed by atoms with Crippen molar-refractivity contribution >= 4 is 17.3 Å². The van der Waals surface area contributed by atoms with E-state index >= 15 is 0 Å². The van der Waals surface area contributed by atoms with Gasteiger partial charge in [-0.2, -0.15) is 0 Å². The van der Waals surface area contributed by atoms with Gasteiger partial charge in [-0.25, -0.2) is 0 Å². The van der Waals surface area contributed by atoms with E-state index in [1.165, 1.54) is 0 Å². The summed E-state index contributed by atoms with van der Waals surface area (Å²) in [6.45, 7) is 0.437. The lowest BCUT2D eigenvalue weighted by molar-refractivity contribution is 0.100. The molecule has 0 spiro atoms. The van der Waals surface area contributed by atoms with Gasteiger partial charge in [0.05, 0.1) is 29.7 Å². The molecule has 0 bridgehead atoms. The van der Waals surface area contributed by atoms with Crippen LogP contribution in [0.5, 0.6) is 0 Å². The summed E-state index contributed by atoms with van der Waals surface area (Å²) in [6.07, 6.45) is 1.56. The van der Waals surface area contributed by atoms with Crippen LogP contribution in [0.2, 0.25) is 0 Å². The van der Waals surface area contributed by atoms with Crippen LogP contribution < -0.4 is 16.8 Å². The van der Waals surface area contributed by atoms with Gasteiger partial charge in [0, 0.05) is 6.07 Å². The number of nitrogens with two attached hydrogens (primary N) is 2. The fourth-order valence-corrected chi connectivity index (χ4v) is 1.45. The Kier molecular flexibility index (Phi) is 2.95. The molecule has 0 aliphatic heterocycles. The second-order valence-electron chi connectivity index (χ2n) is 3.46. The Bertz CT molecular complexity index is 522. The highest BCUT2D eigenvalue weighted by atomic mass is 16.5. The second kappa shape index (κ2) is 4.56. The molecule has 1 amide bonds. The molecular formula is C11H12N4O2. The van der Waals surface area contributed by atoms with E-state index < -0.39 is 5.91 Å². The number of primary amides is 1. The van der Waals surface area contributed by atoms with Gasteiger partial charge >= 0.3 is 0 Å². The lowest BCUT2D eigenvalue weighted by Crippen LogP contribution is -2.14. The number of benzene rings is 1. The molecule has 2 aromatic rings. The number of nitrogen functional groups attached to an aromatic ring is 1. The first kappa shape index (κ1) is 11.0. The monoisotopic (exact) mass is 232 g/mol. The Morgan fingerprint density at radius 3 is 2.88 bits per heavy atom. The highest BCUT2D eigenvalue weighted by Gasteiger charge is 2.09. The lowest BCUT2D eigenvalue weighted by Gasteiger charge is -2.09. The van der Waals surface area contributed by atoms with E-state index in [0.29, 0.717) is 29.2 Å². The number of rotatable bonds is 4. The van der Waals surface area contributed by atoms with Crippen molar-refractivity contribution in [3.63, 3.8) is 0 Å². The van der Waals surface area contributed by atoms with Gasteiger partial charge in [0.2, 0.25) is 0 Å². The van der Waals surface area contributed by atoms with Crippen LogP contribution in [0, 0.1) is 0 Å². The van der Waals surface area contributed by atoms with Gasteiger partial charge in [0.25, 0.3) is 5.91 Å². The maximum Gasteiger partial charge on any atom is 0.250 e. The SMILES string of the molecule is NC(=O)c1cccc(NCc2ccno2)c1N. The molecule has 0 fully saturated rings. The normalized spacial score (nSPS) is 10.1. The van der Waals surface area contributed by atoms with Crippen molar-refractivity contribution in [3.8, 4) is 0 Å². The van der Waals surface area contributed by atoms with E-state index in [4.69, 9.17) is 16.0 Å². The summed E-state index contributed by atoms with van der Waals surface area (Å²) in [5.74, 6) is 0.125. The molecular weight excluding hydrogens is 220 g/mol. The number of hydrogen-bond donors (Lipinski definition) is 3. The van der Waals surface area contributed by atoms with Crippen LogP contribution in [-0.4, -0.2) is 11.1 Å². The summed E-state index contributed by atoms with van der Waals surface area (Å²) in [7, 11) is 0. The summed E-state index contributed by atoms with van der Waals surface area (Å²) in [5, 5.41) is 6.63. The van der Waals surface area contributed by atoms with Crippen LogP contribution in [0.25, 0.3) is 0 Å². The van der Waals surface area contributed by atoms with Crippen molar-refractivity contribution in [1.82, 2.24) is 5.16 Å². The van der Waals surface area contributed by atoms with Gasteiger partial charge in [0.15, 0.2) is 5.76 Å². The molecule has 1 aromatic carbocycles. The first-order valence-electron chi connectivity index (χ1n) is 5.00. The van der Waals surface area contributed by atoms with Crippen molar-refractivity contribution in [2.75, 3.05) is 11.1 Å². The van der Waals surface area contributed by atoms with E-state index in [0.717, 1.165) is 0 Å². The standard InChI is InChI=1S/C11H12N4O2/c12-10-8(11(13)16)2-1-3-9(10)14-6-7-4-5-15-17-7/h1-5,14H,6,12H2,(H2,13,16). The molecule has 6 heteroatoms. The minimum Gasteiger partial charge on any atom is -0.396 e. The number of carbonyl (C=O) groups excluding carboxylic acids is 1. The number of amides is 1. The molecule has 5 N–H and O–H groups in total. The van der Waals surface area contributed by atoms with Crippen LogP contribution in [0.3, 0.4) is 0 Å². The van der Waals surface area contributed by atoms with E-state index in [1.54, 1.807) is 30.5 Å². The summed E-state index contributed by atoms with van der Waals surface area (Å²) in [6, 6.07) is 6.79. The number of hydrogen-bond acceptors (Lipinski definition) is 5. The zero-order valence-electron chi connectivity index (χ0n) is 9.01. The van der Waals surface area contributed by atoms with Gasteiger partial charge in [-0.05, 0) is 12.1 Å². The molecule has 17 heavy (non-hydrogen) atoms. The zero-order valence-corrected chi connectivity index (χ0v) is 9.01. The molecule has 0 radical (unpaired) electrons. The Hall–Kier alpha value is -2.50. The molecule has 88 valence electrons. The van der Waals surface area contributed by atoms with E-state index in [1.807, 2.05) is 0 Å². The third-order valence-corrected chi connectivity index (χ3v) is 2.32. The van der Waals surface area contributed by atoms with Crippen molar-refractivity contribution in [2.45, 2.75) is 6.54 Å². The predicted octanol–water partition coefficient (Wildman–Crippen LogP) is 0.968. The Morgan fingerprint density at radius 2 is 2.24 bits per heavy atom. The van der Waals surface area contributed by atoms with Crippen molar-refractivity contribution < 1.29 is 9.32 Å². The smallest absolute Gasteiger partial charge is 0.250 e. The number of nitrogens with zero attached hydrogens (tertiary/aromatic N) is 1. The van der Waals surface area contributed by atoms with Gasteiger partial charge in [-0.3, -0.25) is 4.79 Å². The Balaban J connectivity index is 2.16. The molecule has 1 heterocycles. The molecule has 0 aliphatic rings. The fourth-order valence-electron chi connectivity index (χ4n) is 1.45. The minimum atomic E-state index is -0.550. The average Bonchev–Trinajstić information content (AvgIpc) is 2.80. The summed E-state index contributed by atoms with van der Waals surface area (Å²) < 4.78 is 4.93. The number of carbonyl (C=O) groups is 1. The molecule has 2 rings (SSSR count). The van der Waals surface area contributed by atoms with E-state index in [2.05, 4.69) is 10.5 Å². The van der Waals surface area contributed by atoms with Gasteiger partial charge in [-0.15, -0.1) is 0 Å². The summed E-state index contributed by atoms with van der Waals surface area (Å²) >= 11 is 0. The fraction of sp³-hybridized carbons (Fsp3) is 0.0909. The summed E-state index contributed by atoms with van der Waals surface area (Å²) in [4.78, 5) is 11.1. The number of aromatic nitrogens is 1. The molecule has 0 saturated heterocycles. The Labute approximate surface area is 97.6 Å². The molecule has 0 aliphatic carbocycles. The molecule has 0 unspecified atom stereocenters. The van der Waals surface area contributed by atoms with Crippen molar-refractivity contribution in [1.29, 1.82) is 0 Å². The molecule has 1 aromatic heterocycles. The number of anilines is 2. The molecule has 0 saturated carbocycles. The van der Waals surface area contributed by atoms with Crippen molar-refractivity contribution in [2.24, 2.45) is 5.73 Å². The van der Waals surface area contributed by atoms with Crippen LogP contribution in [0.1, 0.15) is 16.1 Å². The van der Waals surface area contributed by atoms with Crippen LogP contribution in [0.4, 0.5) is 11.4 Å². The van der Waals surface area contributed by atoms with E-state index in [9.17, 15) is 4.79 Å². The largest absolute Gasteiger partial charge is 0.396 e. The molecule has 0 atom stereocenters. The maximum absolute atomic E-state index is 11.1. The molecule has 6 nitrogen and oxygen atoms in total. The lowest BCUT2D eigenvalue weighted by atomic mass is 10.1. The topological polar surface area (TPSA) is 107 Å². The number of nitrogens with one attached hydrogen (secondary N) is 1. The van der Waals surface area contributed by atoms with Gasteiger partial charge in [-0.1, -0.05) is 11.2 Å². The van der Waals surface area contributed by atoms with Crippen LogP contribution in [0.15, 0.2) is 35.0 Å². The predicted molar refractivity (Wildman–Crippen MR) is 63.2 cm³/mol. The van der Waals surface area contributed by atoms with Gasteiger partial charge in [0.1, 0.15) is 0 Å². The average molecular weight is 232 g/mol. The third kappa shape index (κ3) is 2.36. The van der Waals surface area contributed by atoms with Crippen LogP contribution >= 0.6 is 0 Å². The van der Waals surface area contributed by atoms with Crippen LogP contribution in [-0.2, 0) is 6.54 Å². The maximum atomic E-state index is 11.1. The minimum absolute atomic E-state index is 0.299. The second-order valence-corrected chi connectivity index (χ2v) is 3.46. The van der Waals surface area contributed by atoms with Crippen molar-refractivity contribution in [3.05, 3.63) is 41.8 Å². The highest BCUT2D eigenvalue weighted by Crippen LogP contribution is 2.22. The Morgan fingerprint density at radius 1 is 1.41 bits per heavy atom. The number of para-hydroxylation sites is 1. The zero-order chi connectivity index (χ0) is 12.3. The first-order chi connectivity index (χ1) is 8.18. The third-order valence-electron chi connectivity index (χ3n) is 2.32. The first-order valence-corrected chi connectivity index (χ1v) is 5.00. The summed E-state index contributed by atoms with van der Waals surface area (Å²) in [5.41, 5.74) is 12.3.